The van der Waals surface area contributed by atoms with E-state index >= 15 is 0 Å². The fourth-order valence-corrected chi connectivity index (χ4v) is 3.25. The van der Waals surface area contributed by atoms with Crippen LogP contribution in [0.25, 0.3) is 0 Å². The summed E-state index contributed by atoms with van der Waals surface area (Å²) in [6, 6.07) is 10.1. The Morgan fingerprint density at radius 2 is 2.03 bits per heavy atom. The predicted octanol–water partition coefficient (Wildman–Crippen LogP) is 2.61. The minimum absolute atomic E-state index is 0.0374. The van der Waals surface area contributed by atoms with Gasteiger partial charge in [-0.1, -0.05) is 18.2 Å². The van der Waals surface area contributed by atoms with Gasteiger partial charge in [-0.05, 0) is 37.9 Å². The zero-order valence-corrected chi connectivity index (χ0v) is 16.8. The monoisotopic (exact) mass is 395 g/mol. The third-order valence-electron chi connectivity index (χ3n) is 4.68. The highest BCUT2D eigenvalue weighted by atomic mass is 16.5. The second-order valence-electron chi connectivity index (χ2n) is 7.14. The lowest BCUT2D eigenvalue weighted by molar-refractivity contribution is -0.111. The summed E-state index contributed by atoms with van der Waals surface area (Å²) in [6.45, 7) is 1.51. The Labute approximate surface area is 170 Å². The summed E-state index contributed by atoms with van der Waals surface area (Å²) in [5.74, 6) is -0.0348. The molecule has 0 saturated carbocycles. The number of aromatic hydroxyl groups is 1. The van der Waals surface area contributed by atoms with Gasteiger partial charge in [0.25, 0.3) is 5.91 Å². The molecule has 0 fully saturated rings. The van der Waals surface area contributed by atoms with E-state index in [1.165, 1.54) is 25.3 Å². The lowest BCUT2D eigenvalue weighted by atomic mass is 10.1. The highest BCUT2D eigenvalue weighted by Crippen LogP contribution is 2.32. The number of fused-ring (bicyclic) bond motifs is 1. The molecule has 7 nitrogen and oxygen atoms in total. The van der Waals surface area contributed by atoms with Crippen LogP contribution >= 0.6 is 0 Å². The first-order valence-electron chi connectivity index (χ1n) is 9.28. The van der Waals surface area contributed by atoms with E-state index in [1.807, 2.05) is 37.2 Å². The number of anilines is 1. The highest BCUT2D eigenvalue weighted by molar-refractivity contribution is 6.00. The standard InChI is InChI=1S/C22H25N3O4/c1-24(2)11-5-8-21(27)23-19-7-4-6-15-13-25(14-18(15)19)22(28)17-10-9-16(26)12-20(17)29-3/h4-10,12,26H,11,13-14H2,1-3H3,(H,23,27)/b8-5+. The van der Waals surface area contributed by atoms with Crippen molar-refractivity contribution in [1.82, 2.24) is 9.80 Å². The van der Waals surface area contributed by atoms with Crippen molar-refractivity contribution in [3.8, 4) is 11.5 Å². The molecular weight excluding hydrogens is 370 g/mol. The van der Waals surface area contributed by atoms with Crippen LogP contribution in [0, 0.1) is 0 Å². The van der Waals surface area contributed by atoms with Gasteiger partial charge in [-0.25, -0.2) is 0 Å². The van der Waals surface area contributed by atoms with Crippen molar-refractivity contribution in [3.05, 3.63) is 65.2 Å². The van der Waals surface area contributed by atoms with Crippen molar-refractivity contribution in [2.45, 2.75) is 13.1 Å². The predicted molar refractivity (Wildman–Crippen MR) is 111 cm³/mol. The van der Waals surface area contributed by atoms with Gasteiger partial charge in [0.2, 0.25) is 5.91 Å². The van der Waals surface area contributed by atoms with Gasteiger partial charge < -0.3 is 25.0 Å². The molecule has 0 aromatic heterocycles. The normalized spacial score (nSPS) is 13.0. The Balaban J connectivity index is 1.75. The van der Waals surface area contributed by atoms with Crippen molar-refractivity contribution >= 4 is 17.5 Å². The number of benzene rings is 2. The number of ether oxygens (including phenoxy) is 1. The zero-order valence-electron chi connectivity index (χ0n) is 16.8. The molecule has 0 saturated heterocycles. The number of methoxy groups -OCH3 is 1. The maximum atomic E-state index is 13.0. The fourth-order valence-electron chi connectivity index (χ4n) is 3.25. The van der Waals surface area contributed by atoms with Crippen LogP contribution in [0.15, 0.2) is 48.6 Å². The number of rotatable bonds is 6. The van der Waals surface area contributed by atoms with Crippen molar-refractivity contribution in [2.24, 2.45) is 0 Å². The Hall–Kier alpha value is -3.32. The molecule has 2 aromatic rings. The summed E-state index contributed by atoms with van der Waals surface area (Å²) < 4.78 is 5.24. The van der Waals surface area contributed by atoms with Gasteiger partial charge in [0.15, 0.2) is 0 Å². The van der Waals surface area contributed by atoms with E-state index in [0.717, 1.165) is 11.1 Å². The summed E-state index contributed by atoms with van der Waals surface area (Å²) in [4.78, 5) is 28.9. The van der Waals surface area contributed by atoms with Crippen LogP contribution in [0.5, 0.6) is 11.5 Å². The number of likely N-dealkylation sites (N-methyl/N-ethyl adjacent to an activating group) is 1. The van der Waals surface area contributed by atoms with Crippen molar-refractivity contribution < 1.29 is 19.4 Å². The Bertz CT molecular complexity index is 953. The lowest BCUT2D eigenvalue weighted by Crippen LogP contribution is -2.25. The number of nitrogens with one attached hydrogen (secondary N) is 1. The molecule has 0 aliphatic carbocycles. The highest BCUT2D eigenvalue weighted by Gasteiger charge is 2.28. The second kappa shape index (κ2) is 8.79. The first-order valence-corrected chi connectivity index (χ1v) is 9.28. The average molecular weight is 395 g/mol. The minimum atomic E-state index is -0.203. The van der Waals surface area contributed by atoms with Gasteiger partial charge in [0.1, 0.15) is 11.5 Å². The van der Waals surface area contributed by atoms with Crippen LogP contribution in [0.3, 0.4) is 0 Å². The van der Waals surface area contributed by atoms with Crippen LogP contribution in [0.4, 0.5) is 5.69 Å². The number of hydrogen-bond acceptors (Lipinski definition) is 5. The minimum Gasteiger partial charge on any atom is -0.508 e. The summed E-state index contributed by atoms with van der Waals surface area (Å²) in [7, 11) is 5.32. The molecule has 2 aromatic carbocycles. The molecule has 152 valence electrons. The molecule has 29 heavy (non-hydrogen) atoms. The van der Waals surface area contributed by atoms with Crippen LogP contribution in [0.2, 0.25) is 0 Å². The summed E-state index contributed by atoms with van der Waals surface area (Å²) >= 11 is 0. The Morgan fingerprint density at radius 3 is 2.76 bits per heavy atom. The largest absolute Gasteiger partial charge is 0.508 e. The molecule has 2 amide bonds. The van der Waals surface area contributed by atoms with Crippen molar-refractivity contribution in [3.63, 3.8) is 0 Å². The SMILES string of the molecule is COc1cc(O)ccc1C(=O)N1Cc2cccc(NC(=O)/C=C/CN(C)C)c2C1. The van der Waals surface area contributed by atoms with E-state index in [9.17, 15) is 14.7 Å². The topological polar surface area (TPSA) is 82.1 Å². The van der Waals surface area contributed by atoms with Crippen LogP contribution in [-0.2, 0) is 17.9 Å². The van der Waals surface area contributed by atoms with Crippen LogP contribution < -0.4 is 10.1 Å². The summed E-state index contributed by atoms with van der Waals surface area (Å²) in [5.41, 5.74) is 3.00. The first-order chi connectivity index (χ1) is 13.9. The molecule has 0 unspecified atom stereocenters. The third kappa shape index (κ3) is 4.75. The Morgan fingerprint density at radius 1 is 1.24 bits per heavy atom. The molecule has 0 spiro atoms. The molecule has 0 bridgehead atoms. The maximum absolute atomic E-state index is 13.0. The van der Waals surface area contributed by atoms with Gasteiger partial charge in [0, 0.05) is 43.0 Å². The fraction of sp³-hybridized carbons (Fsp3) is 0.273. The molecule has 1 aliphatic heterocycles. The van der Waals surface area contributed by atoms with E-state index in [0.29, 0.717) is 36.6 Å². The molecule has 3 rings (SSSR count). The number of nitrogens with zero attached hydrogens (tertiary/aromatic N) is 2. The number of phenols is 1. The molecule has 7 heteroatoms. The van der Waals surface area contributed by atoms with Gasteiger partial charge in [-0.15, -0.1) is 0 Å². The quantitative estimate of drug-likeness (QED) is 0.735. The van der Waals surface area contributed by atoms with Gasteiger partial charge in [-0.3, -0.25) is 9.59 Å². The number of carbonyl (C=O) groups is 2. The molecule has 1 heterocycles. The number of phenolic OH excluding ortho intramolecular Hbond substituents is 1. The van der Waals surface area contributed by atoms with Crippen molar-refractivity contribution in [1.29, 1.82) is 0 Å². The van der Waals surface area contributed by atoms with E-state index < -0.39 is 0 Å². The second-order valence-corrected chi connectivity index (χ2v) is 7.14. The van der Waals surface area contributed by atoms with Gasteiger partial charge >= 0.3 is 0 Å². The zero-order chi connectivity index (χ0) is 21.0. The smallest absolute Gasteiger partial charge is 0.258 e. The van der Waals surface area contributed by atoms with E-state index in [2.05, 4.69) is 5.32 Å². The van der Waals surface area contributed by atoms with E-state index in [-0.39, 0.29) is 17.6 Å². The number of carbonyl (C=O) groups excluding carboxylic acids is 2. The first kappa shape index (κ1) is 20.4. The Kier molecular flexibility index (Phi) is 6.19. The van der Waals surface area contributed by atoms with Crippen LogP contribution in [0.1, 0.15) is 21.5 Å². The third-order valence-corrected chi connectivity index (χ3v) is 4.68. The lowest BCUT2D eigenvalue weighted by Gasteiger charge is -2.17. The number of hydrogen-bond donors (Lipinski definition) is 2. The van der Waals surface area contributed by atoms with Gasteiger partial charge in [0.05, 0.1) is 12.7 Å². The maximum Gasteiger partial charge on any atom is 0.258 e. The van der Waals surface area contributed by atoms with Crippen molar-refractivity contribution in [2.75, 3.05) is 33.1 Å². The molecule has 0 atom stereocenters. The molecule has 2 N–H and O–H groups in total. The summed E-state index contributed by atoms with van der Waals surface area (Å²) in [5, 5.41) is 12.5. The molecular formula is C22H25N3O4. The molecule has 0 radical (unpaired) electrons. The average Bonchev–Trinajstić information content (AvgIpc) is 3.12. The summed E-state index contributed by atoms with van der Waals surface area (Å²) in [6.07, 6.45) is 3.31. The van der Waals surface area contributed by atoms with E-state index in [1.54, 1.807) is 17.0 Å². The van der Waals surface area contributed by atoms with Gasteiger partial charge in [-0.2, -0.15) is 0 Å². The molecule has 1 aliphatic rings. The number of amides is 2. The van der Waals surface area contributed by atoms with Crippen LogP contribution in [-0.4, -0.2) is 54.5 Å². The van der Waals surface area contributed by atoms with E-state index in [4.69, 9.17) is 4.74 Å².